The van der Waals surface area contributed by atoms with Gasteiger partial charge >= 0.3 is 0 Å². The maximum Gasteiger partial charge on any atom is 0.137 e. The van der Waals surface area contributed by atoms with Gasteiger partial charge in [-0.2, -0.15) is 5.10 Å². The number of benzene rings is 1. The molecular formula is C15H17F2N5O. The van der Waals surface area contributed by atoms with Gasteiger partial charge in [-0.1, -0.05) is 6.07 Å². The molecule has 0 spiro atoms. The minimum absolute atomic E-state index is 0.0106. The number of halogens is 2. The van der Waals surface area contributed by atoms with E-state index in [-0.39, 0.29) is 25.1 Å². The SMILES string of the molecule is CC=NC=NCCC(O)(Cn1cncn1)c1ccc(F)cc1F. The van der Waals surface area contributed by atoms with Crippen molar-refractivity contribution in [1.29, 1.82) is 0 Å². The molecule has 6 nitrogen and oxygen atoms in total. The molecule has 0 aliphatic heterocycles. The maximum atomic E-state index is 14.1. The highest BCUT2D eigenvalue weighted by Crippen LogP contribution is 2.29. The Labute approximate surface area is 132 Å². The van der Waals surface area contributed by atoms with E-state index in [1.165, 1.54) is 29.7 Å². The summed E-state index contributed by atoms with van der Waals surface area (Å²) < 4.78 is 28.6. The highest BCUT2D eigenvalue weighted by atomic mass is 19.1. The average Bonchev–Trinajstić information content (AvgIpc) is 2.99. The minimum Gasteiger partial charge on any atom is -0.383 e. The second kappa shape index (κ2) is 7.68. The van der Waals surface area contributed by atoms with Crippen LogP contribution in [-0.2, 0) is 12.1 Å². The zero-order valence-corrected chi connectivity index (χ0v) is 12.6. The molecule has 0 saturated carbocycles. The van der Waals surface area contributed by atoms with Gasteiger partial charge in [-0.05, 0) is 13.0 Å². The molecule has 23 heavy (non-hydrogen) atoms. The quantitative estimate of drug-likeness (QED) is 0.625. The number of aliphatic hydroxyl groups is 1. The van der Waals surface area contributed by atoms with Crippen LogP contribution in [-0.4, -0.2) is 39.0 Å². The van der Waals surface area contributed by atoms with E-state index >= 15 is 0 Å². The summed E-state index contributed by atoms with van der Waals surface area (Å²) in [5.41, 5.74) is -1.61. The second-order valence-electron chi connectivity index (χ2n) is 4.93. The van der Waals surface area contributed by atoms with Gasteiger partial charge in [0.1, 0.15) is 36.2 Å². The fourth-order valence-electron chi connectivity index (χ4n) is 2.17. The van der Waals surface area contributed by atoms with Crippen LogP contribution in [0.5, 0.6) is 0 Å². The molecule has 1 aromatic heterocycles. The van der Waals surface area contributed by atoms with Crippen molar-refractivity contribution >= 4 is 12.6 Å². The Hall–Kier alpha value is -2.48. The van der Waals surface area contributed by atoms with Crippen LogP contribution in [0, 0.1) is 11.6 Å². The van der Waals surface area contributed by atoms with Crippen LogP contribution >= 0.6 is 0 Å². The van der Waals surface area contributed by atoms with Crippen molar-refractivity contribution in [3.05, 3.63) is 48.1 Å². The monoisotopic (exact) mass is 321 g/mol. The Morgan fingerprint density at radius 3 is 2.87 bits per heavy atom. The smallest absolute Gasteiger partial charge is 0.137 e. The summed E-state index contributed by atoms with van der Waals surface area (Å²) >= 11 is 0. The molecular weight excluding hydrogens is 304 g/mol. The summed E-state index contributed by atoms with van der Waals surface area (Å²) in [5, 5.41) is 14.8. The molecule has 1 atom stereocenters. The highest BCUT2D eigenvalue weighted by Gasteiger charge is 2.33. The Morgan fingerprint density at radius 2 is 2.22 bits per heavy atom. The minimum atomic E-state index is -1.60. The summed E-state index contributed by atoms with van der Waals surface area (Å²) in [6.45, 7) is 1.95. The maximum absolute atomic E-state index is 14.1. The van der Waals surface area contributed by atoms with Crippen LogP contribution in [0.15, 0.2) is 40.8 Å². The highest BCUT2D eigenvalue weighted by molar-refractivity contribution is 5.70. The zero-order valence-electron chi connectivity index (χ0n) is 12.6. The average molecular weight is 321 g/mol. The van der Waals surface area contributed by atoms with Crippen LogP contribution in [0.25, 0.3) is 0 Å². The van der Waals surface area contributed by atoms with Gasteiger partial charge in [0.2, 0.25) is 0 Å². The number of nitrogens with zero attached hydrogens (tertiary/aromatic N) is 5. The molecule has 8 heteroatoms. The molecule has 2 aromatic rings. The van der Waals surface area contributed by atoms with E-state index in [1.54, 1.807) is 13.1 Å². The molecule has 0 radical (unpaired) electrons. The van der Waals surface area contributed by atoms with Crippen LogP contribution in [0.4, 0.5) is 8.78 Å². The fraction of sp³-hybridized carbons (Fsp3) is 0.333. The summed E-state index contributed by atoms with van der Waals surface area (Å²) in [6, 6.07) is 3.08. The molecule has 0 fully saturated rings. The number of hydrogen-bond donors (Lipinski definition) is 1. The summed E-state index contributed by atoms with van der Waals surface area (Å²) in [4.78, 5) is 11.6. The topological polar surface area (TPSA) is 75.7 Å². The molecule has 0 bridgehead atoms. The van der Waals surface area contributed by atoms with Crippen molar-refractivity contribution in [2.75, 3.05) is 6.54 Å². The lowest BCUT2D eigenvalue weighted by atomic mass is 9.89. The predicted octanol–water partition coefficient (Wildman–Crippen LogP) is 1.95. The van der Waals surface area contributed by atoms with Gasteiger partial charge in [0.15, 0.2) is 0 Å². The third-order valence-corrected chi connectivity index (χ3v) is 3.27. The molecule has 0 saturated heterocycles. The first kappa shape index (κ1) is 16.9. The van der Waals surface area contributed by atoms with Crippen molar-refractivity contribution in [2.24, 2.45) is 9.98 Å². The van der Waals surface area contributed by atoms with Crippen LogP contribution in [0.3, 0.4) is 0 Å². The van der Waals surface area contributed by atoms with Crippen LogP contribution in [0.2, 0.25) is 0 Å². The Kier molecular flexibility index (Phi) is 5.64. The van der Waals surface area contributed by atoms with Gasteiger partial charge < -0.3 is 5.11 Å². The van der Waals surface area contributed by atoms with E-state index in [4.69, 9.17) is 0 Å². The lowest BCUT2D eigenvalue weighted by Crippen LogP contribution is -2.33. The molecule has 0 aliphatic carbocycles. The van der Waals surface area contributed by atoms with Gasteiger partial charge in [-0.15, -0.1) is 0 Å². The van der Waals surface area contributed by atoms with Crippen LogP contribution < -0.4 is 0 Å². The molecule has 122 valence electrons. The number of aliphatic imine (C=N–C) groups is 2. The molecule has 2 rings (SSSR count). The van der Waals surface area contributed by atoms with Crippen molar-refractivity contribution in [3.8, 4) is 0 Å². The summed E-state index contributed by atoms with van der Waals surface area (Å²) in [6.07, 6.45) is 5.78. The lowest BCUT2D eigenvalue weighted by Gasteiger charge is -2.28. The van der Waals surface area contributed by atoms with E-state index in [0.717, 1.165) is 12.1 Å². The fourth-order valence-corrected chi connectivity index (χ4v) is 2.17. The van der Waals surface area contributed by atoms with Gasteiger partial charge in [-0.25, -0.2) is 23.4 Å². The van der Waals surface area contributed by atoms with E-state index in [2.05, 4.69) is 20.1 Å². The summed E-state index contributed by atoms with van der Waals surface area (Å²) in [5.74, 6) is -1.52. The molecule has 0 amide bonds. The van der Waals surface area contributed by atoms with Gasteiger partial charge in [0.05, 0.1) is 6.54 Å². The Morgan fingerprint density at radius 1 is 1.39 bits per heavy atom. The van der Waals surface area contributed by atoms with Crippen molar-refractivity contribution in [3.63, 3.8) is 0 Å². The first-order chi connectivity index (χ1) is 11.0. The van der Waals surface area contributed by atoms with Gasteiger partial charge in [-0.3, -0.25) is 4.99 Å². The lowest BCUT2D eigenvalue weighted by molar-refractivity contribution is 0.00545. The van der Waals surface area contributed by atoms with E-state index in [0.29, 0.717) is 0 Å². The first-order valence-corrected chi connectivity index (χ1v) is 7.01. The first-order valence-electron chi connectivity index (χ1n) is 7.01. The largest absolute Gasteiger partial charge is 0.383 e. The zero-order chi connectivity index (χ0) is 16.7. The van der Waals surface area contributed by atoms with Crippen molar-refractivity contribution in [2.45, 2.75) is 25.5 Å². The van der Waals surface area contributed by atoms with Crippen LogP contribution in [0.1, 0.15) is 18.9 Å². The molecule has 0 aliphatic rings. The third-order valence-electron chi connectivity index (χ3n) is 3.27. The van der Waals surface area contributed by atoms with Crippen molar-refractivity contribution in [1.82, 2.24) is 14.8 Å². The standard InChI is InChI=1S/C15H17F2N5O/c1-2-18-9-19-6-5-15(23,8-22-11-20-10-21-22)13-4-3-12(16)7-14(13)17/h2-4,7,9-11,23H,5-6,8H2,1H3. The van der Waals surface area contributed by atoms with E-state index in [1.807, 2.05) is 0 Å². The second-order valence-corrected chi connectivity index (χ2v) is 4.93. The van der Waals surface area contributed by atoms with Gasteiger partial charge in [0.25, 0.3) is 0 Å². The Balaban J connectivity index is 2.26. The molecule has 1 N–H and O–H groups in total. The predicted molar refractivity (Wildman–Crippen MR) is 82.4 cm³/mol. The normalized spacial score (nSPS) is 14.6. The number of rotatable bonds is 7. The number of aromatic nitrogens is 3. The Bertz CT molecular complexity index is 687. The van der Waals surface area contributed by atoms with Crippen molar-refractivity contribution < 1.29 is 13.9 Å². The molecule has 1 heterocycles. The number of hydrogen-bond acceptors (Lipinski definition) is 4. The van der Waals surface area contributed by atoms with E-state index < -0.39 is 17.2 Å². The third kappa shape index (κ3) is 4.49. The summed E-state index contributed by atoms with van der Waals surface area (Å²) in [7, 11) is 0. The van der Waals surface area contributed by atoms with Gasteiger partial charge in [0, 0.05) is 30.8 Å². The molecule has 1 unspecified atom stereocenters. The van der Waals surface area contributed by atoms with E-state index in [9.17, 15) is 13.9 Å². The molecule has 1 aromatic carbocycles.